The van der Waals surface area contributed by atoms with Gasteiger partial charge in [0.15, 0.2) is 0 Å². The van der Waals surface area contributed by atoms with E-state index in [1.54, 1.807) is 0 Å². The first-order valence-electron chi connectivity index (χ1n) is 4.44. The Bertz CT molecular complexity index is 480. The van der Waals surface area contributed by atoms with E-state index >= 15 is 0 Å². The van der Waals surface area contributed by atoms with Crippen LogP contribution in [0.4, 0.5) is 4.39 Å². The average Bonchev–Trinajstić information content (AvgIpc) is 2.47. The Hall–Kier alpha value is -0.940. The van der Waals surface area contributed by atoms with E-state index in [0.29, 0.717) is 5.56 Å². The van der Waals surface area contributed by atoms with E-state index in [0.717, 1.165) is 0 Å². The van der Waals surface area contributed by atoms with Crippen molar-refractivity contribution >= 4 is 39.3 Å². The van der Waals surface area contributed by atoms with E-state index in [9.17, 15) is 14.0 Å². The number of hydrogen-bond acceptors (Lipinski definition) is 2. The maximum Gasteiger partial charge on any atom is 0.241 e. The molecule has 2 unspecified atom stereocenters. The number of benzene rings is 1. The molecule has 0 spiro atoms. The minimum Gasteiger partial charge on any atom is -0.295 e. The molecule has 1 saturated heterocycles. The molecule has 6 heteroatoms. The number of hydrogen-bond donors (Lipinski definition) is 1. The summed E-state index contributed by atoms with van der Waals surface area (Å²) in [6.07, 6.45) is 0. The first-order chi connectivity index (χ1) is 7.50. The summed E-state index contributed by atoms with van der Waals surface area (Å²) in [7, 11) is 0. The smallest absolute Gasteiger partial charge is 0.241 e. The summed E-state index contributed by atoms with van der Waals surface area (Å²) in [6.45, 7) is 0. The van der Waals surface area contributed by atoms with Crippen LogP contribution in [0.3, 0.4) is 0 Å². The summed E-state index contributed by atoms with van der Waals surface area (Å²) in [6, 6.07) is 4.06. The fourth-order valence-electron chi connectivity index (χ4n) is 1.58. The molecule has 1 aromatic carbocycles. The molecular formula is C10H6BrClFNO2. The highest BCUT2D eigenvalue weighted by Gasteiger charge is 2.41. The Labute approximate surface area is 104 Å². The molecular weight excluding hydrogens is 300 g/mol. The molecule has 1 N–H and O–H groups in total. The second-order valence-corrected chi connectivity index (χ2v) is 4.80. The molecule has 1 aromatic rings. The van der Waals surface area contributed by atoms with Crippen LogP contribution in [0.15, 0.2) is 18.2 Å². The fourth-order valence-corrected chi connectivity index (χ4v) is 2.36. The number of carbonyl (C=O) groups excluding carboxylic acids is 2. The van der Waals surface area contributed by atoms with Crippen LogP contribution in [-0.4, -0.2) is 16.6 Å². The fraction of sp³-hybridized carbons (Fsp3) is 0.200. The number of alkyl halides is 1. The molecule has 1 aliphatic heterocycles. The van der Waals surface area contributed by atoms with Gasteiger partial charge in [0, 0.05) is 0 Å². The van der Waals surface area contributed by atoms with Crippen molar-refractivity contribution in [2.45, 2.75) is 10.7 Å². The van der Waals surface area contributed by atoms with E-state index in [1.807, 2.05) is 0 Å². The number of rotatable bonds is 1. The van der Waals surface area contributed by atoms with Gasteiger partial charge in [-0.15, -0.1) is 0 Å². The van der Waals surface area contributed by atoms with Crippen LogP contribution in [0.25, 0.3) is 0 Å². The second kappa shape index (κ2) is 4.14. The predicted molar refractivity (Wildman–Crippen MR) is 60.0 cm³/mol. The Balaban J connectivity index is 2.40. The monoisotopic (exact) mass is 305 g/mol. The SMILES string of the molecule is O=C1NC(=O)C(c2ccc(Cl)c(F)c2)C1Br. The van der Waals surface area contributed by atoms with Gasteiger partial charge in [0.25, 0.3) is 0 Å². The van der Waals surface area contributed by atoms with E-state index in [4.69, 9.17) is 11.6 Å². The van der Waals surface area contributed by atoms with Crippen LogP contribution >= 0.6 is 27.5 Å². The van der Waals surface area contributed by atoms with Crippen molar-refractivity contribution in [2.24, 2.45) is 0 Å². The van der Waals surface area contributed by atoms with Gasteiger partial charge in [0.05, 0.1) is 10.9 Å². The highest BCUT2D eigenvalue weighted by molar-refractivity contribution is 9.10. The van der Waals surface area contributed by atoms with Crippen molar-refractivity contribution in [1.29, 1.82) is 0 Å². The second-order valence-electron chi connectivity index (χ2n) is 3.41. The minimum atomic E-state index is -0.709. The van der Waals surface area contributed by atoms with Crippen molar-refractivity contribution < 1.29 is 14.0 Å². The summed E-state index contributed by atoms with van der Waals surface area (Å²) < 4.78 is 13.2. The molecule has 2 rings (SSSR count). The van der Waals surface area contributed by atoms with Gasteiger partial charge in [-0.25, -0.2) is 4.39 Å². The Morgan fingerprint density at radius 1 is 1.31 bits per heavy atom. The Kier molecular flexibility index (Phi) is 2.99. The molecule has 3 nitrogen and oxygen atoms in total. The lowest BCUT2D eigenvalue weighted by molar-refractivity contribution is -0.125. The standard InChI is InChI=1S/C10H6BrClFNO2/c11-8-7(9(15)14-10(8)16)4-1-2-5(12)6(13)3-4/h1-3,7-8H,(H,14,15,16). The molecule has 1 fully saturated rings. The molecule has 0 radical (unpaired) electrons. The normalized spacial score (nSPS) is 24.7. The molecule has 2 atom stereocenters. The highest BCUT2D eigenvalue weighted by atomic mass is 79.9. The van der Waals surface area contributed by atoms with Crippen LogP contribution in [0.5, 0.6) is 0 Å². The number of carbonyl (C=O) groups is 2. The third-order valence-corrected chi connectivity index (χ3v) is 3.63. The summed E-state index contributed by atoms with van der Waals surface area (Å²) in [5.41, 5.74) is 0.423. The van der Waals surface area contributed by atoms with E-state index in [2.05, 4.69) is 21.2 Å². The third kappa shape index (κ3) is 1.85. The molecule has 0 saturated carbocycles. The first-order valence-corrected chi connectivity index (χ1v) is 5.74. The maximum absolute atomic E-state index is 13.2. The third-order valence-electron chi connectivity index (χ3n) is 2.37. The molecule has 84 valence electrons. The van der Waals surface area contributed by atoms with E-state index < -0.39 is 28.4 Å². The van der Waals surface area contributed by atoms with Crippen molar-refractivity contribution in [1.82, 2.24) is 5.32 Å². The van der Waals surface area contributed by atoms with Crippen LogP contribution in [0.2, 0.25) is 5.02 Å². The zero-order valence-corrected chi connectivity index (χ0v) is 10.2. The lowest BCUT2D eigenvalue weighted by Crippen LogP contribution is -2.22. The van der Waals surface area contributed by atoms with Crippen LogP contribution < -0.4 is 5.32 Å². The number of amides is 2. The van der Waals surface area contributed by atoms with E-state index in [1.165, 1.54) is 18.2 Å². The molecule has 1 aliphatic rings. The van der Waals surface area contributed by atoms with Crippen molar-refractivity contribution in [2.75, 3.05) is 0 Å². The molecule has 0 bridgehead atoms. The van der Waals surface area contributed by atoms with Crippen molar-refractivity contribution in [3.63, 3.8) is 0 Å². The predicted octanol–water partition coefficient (Wildman–Crippen LogP) is 1.98. The van der Waals surface area contributed by atoms with Gasteiger partial charge >= 0.3 is 0 Å². The zero-order chi connectivity index (χ0) is 11.9. The Morgan fingerprint density at radius 2 is 2.00 bits per heavy atom. The molecule has 0 aliphatic carbocycles. The maximum atomic E-state index is 13.2. The molecule has 2 amide bonds. The highest BCUT2D eigenvalue weighted by Crippen LogP contribution is 2.31. The van der Waals surface area contributed by atoms with Gasteiger partial charge in [-0.1, -0.05) is 33.6 Å². The van der Waals surface area contributed by atoms with Gasteiger partial charge in [-0.2, -0.15) is 0 Å². The van der Waals surface area contributed by atoms with Crippen LogP contribution in [0, 0.1) is 5.82 Å². The summed E-state index contributed by atoms with van der Waals surface area (Å²) >= 11 is 8.64. The van der Waals surface area contributed by atoms with E-state index in [-0.39, 0.29) is 5.02 Å². The van der Waals surface area contributed by atoms with Crippen LogP contribution in [0.1, 0.15) is 11.5 Å². The largest absolute Gasteiger partial charge is 0.295 e. The minimum absolute atomic E-state index is 0.0143. The Morgan fingerprint density at radius 3 is 2.50 bits per heavy atom. The van der Waals surface area contributed by atoms with Gasteiger partial charge in [-0.05, 0) is 17.7 Å². The zero-order valence-electron chi connectivity index (χ0n) is 7.84. The first kappa shape index (κ1) is 11.5. The van der Waals surface area contributed by atoms with Gasteiger partial charge in [0.2, 0.25) is 11.8 Å². The summed E-state index contributed by atoms with van der Waals surface area (Å²) in [4.78, 5) is 22.0. The topological polar surface area (TPSA) is 46.2 Å². The van der Waals surface area contributed by atoms with Crippen molar-refractivity contribution in [3.8, 4) is 0 Å². The summed E-state index contributed by atoms with van der Waals surface area (Å²) in [5, 5.41) is 2.15. The molecule has 16 heavy (non-hydrogen) atoms. The lowest BCUT2D eigenvalue weighted by Gasteiger charge is -2.10. The number of halogens is 3. The number of imide groups is 1. The lowest BCUT2D eigenvalue weighted by atomic mass is 9.97. The summed E-state index contributed by atoms with van der Waals surface area (Å²) in [5.74, 6) is -2.16. The van der Waals surface area contributed by atoms with Gasteiger partial charge < -0.3 is 0 Å². The van der Waals surface area contributed by atoms with Gasteiger partial charge in [0.1, 0.15) is 10.6 Å². The average molecular weight is 307 g/mol. The quantitative estimate of drug-likeness (QED) is 0.637. The van der Waals surface area contributed by atoms with Crippen molar-refractivity contribution in [3.05, 3.63) is 34.6 Å². The molecule has 0 aromatic heterocycles. The molecule has 1 heterocycles. The number of nitrogens with one attached hydrogen (secondary N) is 1. The van der Waals surface area contributed by atoms with Gasteiger partial charge in [-0.3, -0.25) is 14.9 Å². The van der Waals surface area contributed by atoms with Crippen LogP contribution in [-0.2, 0) is 9.59 Å².